The van der Waals surface area contributed by atoms with Gasteiger partial charge in [0.1, 0.15) is 11.5 Å². The fourth-order valence-corrected chi connectivity index (χ4v) is 3.83. The Balaban J connectivity index is 1.60. The maximum absolute atomic E-state index is 13.2. The number of hydrogen-bond acceptors (Lipinski definition) is 4. The number of hydrogen-bond donors (Lipinski definition) is 1. The molecule has 0 aromatic heterocycles. The number of carbonyl (C=O) groups is 2. The van der Waals surface area contributed by atoms with E-state index in [1.165, 1.54) is 0 Å². The predicted octanol–water partition coefficient (Wildman–Crippen LogP) is 4.49. The molecule has 0 radical (unpaired) electrons. The molecule has 1 heterocycles. The molecule has 1 fully saturated rings. The van der Waals surface area contributed by atoms with Crippen LogP contribution in [0.4, 0.5) is 5.69 Å². The normalized spacial score (nSPS) is 13.6. The molecule has 0 saturated carbocycles. The third-order valence-electron chi connectivity index (χ3n) is 5.51. The number of nitrogens with zero attached hydrogens (tertiary/aromatic N) is 1. The minimum atomic E-state index is -0.323. The second kappa shape index (κ2) is 9.51. The largest absolute Gasteiger partial charge is 0.495 e. The standard InChI is InChI=1S/C25H26N2O4/c1-30-22-12-6-5-11-21(22)26-25(29)20-15-18-9-3-4-10-19(18)16-23(20)31-17-24(28)27-13-7-2-8-14-27/h3-6,9-12,15-16H,2,7-8,13-14,17H2,1H3,(H,26,29). The lowest BCUT2D eigenvalue weighted by Crippen LogP contribution is -2.38. The van der Waals surface area contributed by atoms with E-state index < -0.39 is 0 Å². The van der Waals surface area contributed by atoms with Crippen LogP contribution in [0.5, 0.6) is 11.5 Å². The first kappa shape index (κ1) is 20.7. The first-order valence-electron chi connectivity index (χ1n) is 10.5. The van der Waals surface area contributed by atoms with Crippen molar-refractivity contribution in [2.45, 2.75) is 19.3 Å². The first-order chi connectivity index (χ1) is 15.2. The summed E-state index contributed by atoms with van der Waals surface area (Å²) in [4.78, 5) is 27.6. The summed E-state index contributed by atoms with van der Waals surface area (Å²) >= 11 is 0. The van der Waals surface area contributed by atoms with E-state index >= 15 is 0 Å². The van der Waals surface area contributed by atoms with Crippen molar-refractivity contribution >= 4 is 28.3 Å². The summed E-state index contributed by atoms with van der Waals surface area (Å²) in [6.07, 6.45) is 3.20. The van der Waals surface area contributed by atoms with Gasteiger partial charge in [-0.15, -0.1) is 0 Å². The van der Waals surface area contributed by atoms with Gasteiger partial charge >= 0.3 is 0 Å². The maximum atomic E-state index is 13.2. The second-order valence-corrected chi connectivity index (χ2v) is 7.58. The summed E-state index contributed by atoms with van der Waals surface area (Å²) in [5.41, 5.74) is 0.939. The highest BCUT2D eigenvalue weighted by molar-refractivity contribution is 6.09. The summed E-state index contributed by atoms with van der Waals surface area (Å²) < 4.78 is 11.2. The Kier molecular flexibility index (Phi) is 6.36. The number of rotatable bonds is 6. The molecule has 4 rings (SSSR count). The van der Waals surface area contributed by atoms with Crippen LogP contribution >= 0.6 is 0 Å². The molecule has 1 saturated heterocycles. The van der Waals surface area contributed by atoms with Crippen LogP contribution < -0.4 is 14.8 Å². The van der Waals surface area contributed by atoms with Crippen LogP contribution in [0.15, 0.2) is 60.7 Å². The fourth-order valence-electron chi connectivity index (χ4n) is 3.83. The monoisotopic (exact) mass is 418 g/mol. The molecule has 31 heavy (non-hydrogen) atoms. The summed E-state index contributed by atoms with van der Waals surface area (Å²) in [5.74, 6) is 0.579. The molecule has 3 aromatic carbocycles. The Bertz CT molecular complexity index is 1090. The summed E-state index contributed by atoms with van der Waals surface area (Å²) in [7, 11) is 1.56. The average molecular weight is 418 g/mol. The van der Waals surface area contributed by atoms with Crippen molar-refractivity contribution in [3.63, 3.8) is 0 Å². The number of fused-ring (bicyclic) bond motifs is 1. The van der Waals surface area contributed by atoms with Gasteiger partial charge in [-0.1, -0.05) is 36.4 Å². The van der Waals surface area contributed by atoms with E-state index in [9.17, 15) is 9.59 Å². The van der Waals surface area contributed by atoms with Crippen molar-refractivity contribution < 1.29 is 19.1 Å². The zero-order chi connectivity index (χ0) is 21.6. The molecule has 0 atom stereocenters. The number of nitrogens with one attached hydrogen (secondary N) is 1. The van der Waals surface area contributed by atoms with E-state index in [0.29, 0.717) is 22.7 Å². The van der Waals surface area contributed by atoms with Crippen molar-refractivity contribution in [1.82, 2.24) is 4.90 Å². The second-order valence-electron chi connectivity index (χ2n) is 7.58. The predicted molar refractivity (Wildman–Crippen MR) is 121 cm³/mol. The molecular formula is C25H26N2O4. The lowest BCUT2D eigenvalue weighted by atomic mass is 10.0. The van der Waals surface area contributed by atoms with Crippen molar-refractivity contribution in [1.29, 1.82) is 0 Å². The van der Waals surface area contributed by atoms with Gasteiger partial charge in [-0.25, -0.2) is 0 Å². The number of likely N-dealkylation sites (tertiary alicyclic amines) is 1. The summed E-state index contributed by atoms with van der Waals surface area (Å²) in [5, 5.41) is 4.75. The summed E-state index contributed by atoms with van der Waals surface area (Å²) in [6.45, 7) is 1.44. The number of methoxy groups -OCH3 is 1. The van der Waals surface area contributed by atoms with E-state index in [4.69, 9.17) is 9.47 Å². The SMILES string of the molecule is COc1ccccc1NC(=O)c1cc2ccccc2cc1OCC(=O)N1CCCCC1. The molecule has 1 aliphatic heterocycles. The molecular weight excluding hydrogens is 392 g/mol. The molecule has 160 valence electrons. The molecule has 0 unspecified atom stereocenters. The van der Waals surface area contributed by atoms with Gasteiger partial charge < -0.3 is 19.7 Å². The average Bonchev–Trinajstić information content (AvgIpc) is 2.82. The van der Waals surface area contributed by atoms with Crippen molar-refractivity contribution in [2.75, 3.05) is 32.1 Å². The van der Waals surface area contributed by atoms with Gasteiger partial charge in [-0.2, -0.15) is 0 Å². The highest BCUT2D eigenvalue weighted by Crippen LogP contribution is 2.29. The van der Waals surface area contributed by atoms with Gasteiger partial charge in [0.2, 0.25) is 0 Å². The van der Waals surface area contributed by atoms with Crippen LogP contribution in [0.1, 0.15) is 29.6 Å². The zero-order valence-corrected chi connectivity index (χ0v) is 17.6. The minimum Gasteiger partial charge on any atom is -0.495 e. The van der Waals surface area contributed by atoms with Crippen molar-refractivity contribution in [2.24, 2.45) is 0 Å². The molecule has 6 heteroatoms. The van der Waals surface area contributed by atoms with Gasteiger partial charge in [0, 0.05) is 13.1 Å². The Morgan fingerprint density at radius 1 is 0.903 bits per heavy atom. The number of ether oxygens (including phenoxy) is 2. The molecule has 6 nitrogen and oxygen atoms in total. The Morgan fingerprint density at radius 2 is 1.58 bits per heavy atom. The third kappa shape index (κ3) is 4.79. The molecule has 2 amide bonds. The number of amides is 2. The number of carbonyl (C=O) groups excluding carboxylic acids is 2. The Hall–Kier alpha value is -3.54. The molecule has 0 spiro atoms. The topological polar surface area (TPSA) is 67.9 Å². The van der Waals surface area contributed by atoms with E-state index in [1.807, 2.05) is 47.4 Å². The van der Waals surface area contributed by atoms with Crippen LogP contribution in [-0.2, 0) is 4.79 Å². The van der Waals surface area contributed by atoms with E-state index in [1.54, 1.807) is 25.3 Å². The van der Waals surface area contributed by atoms with Gasteiger partial charge in [0.15, 0.2) is 6.61 Å². The van der Waals surface area contributed by atoms with Crippen LogP contribution in [0, 0.1) is 0 Å². The van der Waals surface area contributed by atoms with Crippen molar-refractivity contribution in [3.05, 3.63) is 66.2 Å². The van der Waals surface area contributed by atoms with Gasteiger partial charge in [-0.05, 0) is 54.3 Å². The van der Waals surface area contributed by atoms with E-state index in [2.05, 4.69) is 5.32 Å². The lowest BCUT2D eigenvalue weighted by Gasteiger charge is -2.26. The first-order valence-corrected chi connectivity index (χ1v) is 10.5. The quantitative estimate of drug-likeness (QED) is 0.640. The Morgan fingerprint density at radius 3 is 2.32 bits per heavy atom. The number of piperidine rings is 1. The fraction of sp³-hybridized carbons (Fsp3) is 0.280. The number of benzene rings is 3. The number of anilines is 1. The van der Waals surface area contributed by atoms with Gasteiger partial charge in [0.05, 0.1) is 18.4 Å². The van der Waals surface area contributed by atoms with Gasteiger partial charge in [0.25, 0.3) is 11.8 Å². The molecule has 0 bridgehead atoms. The van der Waals surface area contributed by atoms with Crippen LogP contribution in [-0.4, -0.2) is 43.5 Å². The molecule has 1 aliphatic rings. The third-order valence-corrected chi connectivity index (χ3v) is 5.51. The van der Waals surface area contributed by atoms with Crippen molar-refractivity contribution in [3.8, 4) is 11.5 Å². The van der Waals surface area contributed by atoms with Crippen LogP contribution in [0.2, 0.25) is 0 Å². The molecule has 3 aromatic rings. The lowest BCUT2D eigenvalue weighted by molar-refractivity contribution is -0.134. The highest BCUT2D eigenvalue weighted by Gasteiger charge is 2.20. The molecule has 1 N–H and O–H groups in total. The Labute approximate surface area is 181 Å². The molecule has 0 aliphatic carbocycles. The maximum Gasteiger partial charge on any atom is 0.260 e. The summed E-state index contributed by atoms with van der Waals surface area (Å²) in [6, 6.07) is 18.6. The van der Waals surface area contributed by atoms with E-state index in [0.717, 1.165) is 43.1 Å². The number of para-hydroxylation sites is 2. The van der Waals surface area contributed by atoms with Gasteiger partial charge in [-0.3, -0.25) is 9.59 Å². The minimum absolute atomic E-state index is 0.0519. The van der Waals surface area contributed by atoms with Crippen LogP contribution in [0.3, 0.4) is 0 Å². The van der Waals surface area contributed by atoms with Crippen LogP contribution in [0.25, 0.3) is 10.8 Å². The highest BCUT2D eigenvalue weighted by atomic mass is 16.5. The smallest absolute Gasteiger partial charge is 0.260 e. The zero-order valence-electron chi connectivity index (χ0n) is 17.6. The van der Waals surface area contributed by atoms with E-state index in [-0.39, 0.29) is 18.4 Å².